The molecule has 0 saturated heterocycles. The van der Waals surface area contributed by atoms with E-state index in [1.165, 1.54) is 17.3 Å². The predicted molar refractivity (Wildman–Crippen MR) is 66.0 cm³/mol. The van der Waals surface area contributed by atoms with Gasteiger partial charge < -0.3 is 9.88 Å². The summed E-state index contributed by atoms with van der Waals surface area (Å²) >= 11 is 3.46. The molecule has 0 spiro atoms. The number of halogens is 2. The van der Waals surface area contributed by atoms with Gasteiger partial charge in [0.25, 0.3) is 0 Å². The lowest BCUT2D eigenvalue weighted by Gasteiger charge is -2.18. The van der Waals surface area contributed by atoms with Crippen molar-refractivity contribution in [2.45, 2.75) is 20.0 Å². The molecule has 0 amide bonds. The van der Waals surface area contributed by atoms with Crippen LogP contribution in [0, 0.1) is 12.7 Å². The van der Waals surface area contributed by atoms with Crippen molar-refractivity contribution < 1.29 is 4.39 Å². The number of hydrogen-bond donors (Lipinski definition) is 1. The van der Waals surface area contributed by atoms with Crippen LogP contribution in [0.15, 0.2) is 16.6 Å². The minimum absolute atomic E-state index is 0.182. The first-order valence-corrected chi connectivity index (χ1v) is 6.15. The van der Waals surface area contributed by atoms with Crippen LogP contribution in [0.2, 0.25) is 0 Å². The lowest BCUT2D eigenvalue weighted by Crippen LogP contribution is -2.28. The zero-order chi connectivity index (χ0) is 11.3. The summed E-state index contributed by atoms with van der Waals surface area (Å²) in [6.07, 6.45) is 0. The molecule has 4 heteroatoms. The minimum atomic E-state index is -0.182. The smallest absolute Gasteiger partial charge is 0.125 e. The second-order valence-corrected chi connectivity index (χ2v) is 5.04. The van der Waals surface area contributed by atoms with E-state index >= 15 is 0 Å². The van der Waals surface area contributed by atoms with Gasteiger partial charge in [-0.3, -0.25) is 0 Å². The maximum absolute atomic E-state index is 13.4. The number of rotatable bonds is 0. The van der Waals surface area contributed by atoms with Gasteiger partial charge in [0, 0.05) is 35.2 Å². The van der Waals surface area contributed by atoms with Gasteiger partial charge in [0.2, 0.25) is 0 Å². The quantitative estimate of drug-likeness (QED) is 0.786. The van der Waals surface area contributed by atoms with Crippen LogP contribution in [-0.2, 0) is 13.1 Å². The number of fused-ring (bicyclic) bond motifs is 3. The van der Waals surface area contributed by atoms with E-state index in [-0.39, 0.29) is 5.82 Å². The van der Waals surface area contributed by atoms with Gasteiger partial charge in [-0.2, -0.15) is 0 Å². The third-order valence-corrected chi connectivity index (χ3v) is 3.87. The van der Waals surface area contributed by atoms with Gasteiger partial charge in [-0.25, -0.2) is 4.39 Å². The molecule has 16 heavy (non-hydrogen) atoms. The zero-order valence-corrected chi connectivity index (χ0v) is 10.6. The zero-order valence-electron chi connectivity index (χ0n) is 8.98. The van der Waals surface area contributed by atoms with E-state index in [1.54, 1.807) is 6.07 Å². The van der Waals surface area contributed by atoms with Crippen LogP contribution < -0.4 is 5.32 Å². The molecule has 1 aliphatic heterocycles. The maximum Gasteiger partial charge on any atom is 0.125 e. The van der Waals surface area contributed by atoms with Crippen LogP contribution in [0.5, 0.6) is 0 Å². The molecule has 0 bridgehead atoms. The molecule has 0 fully saturated rings. The summed E-state index contributed by atoms with van der Waals surface area (Å²) in [5.41, 5.74) is 3.57. The summed E-state index contributed by atoms with van der Waals surface area (Å²) in [7, 11) is 0. The molecule has 0 unspecified atom stereocenters. The molecule has 1 aromatic carbocycles. The van der Waals surface area contributed by atoms with E-state index in [0.29, 0.717) is 0 Å². The van der Waals surface area contributed by atoms with Gasteiger partial charge in [-0.05, 0) is 40.5 Å². The molecular formula is C12H12BrFN2. The number of aromatic nitrogens is 1. The van der Waals surface area contributed by atoms with Crippen molar-refractivity contribution in [3.05, 3.63) is 33.7 Å². The molecule has 1 N–H and O–H groups in total. The Bertz CT molecular complexity index is 574. The highest BCUT2D eigenvalue weighted by Gasteiger charge is 2.19. The normalized spacial score (nSPS) is 15.4. The molecule has 1 aliphatic rings. The highest BCUT2D eigenvalue weighted by atomic mass is 79.9. The fourth-order valence-corrected chi connectivity index (χ4v) is 3.14. The van der Waals surface area contributed by atoms with Gasteiger partial charge in [-0.15, -0.1) is 0 Å². The van der Waals surface area contributed by atoms with Gasteiger partial charge in [0.05, 0.1) is 5.52 Å². The third-order valence-electron chi connectivity index (χ3n) is 3.27. The van der Waals surface area contributed by atoms with E-state index in [4.69, 9.17) is 0 Å². The minimum Gasteiger partial charge on any atom is -0.341 e. The fraction of sp³-hybridized carbons (Fsp3) is 0.333. The lowest BCUT2D eigenvalue weighted by molar-refractivity contribution is 0.524. The van der Waals surface area contributed by atoms with Crippen LogP contribution in [-0.4, -0.2) is 11.1 Å². The van der Waals surface area contributed by atoms with E-state index in [9.17, 15) is 4.39 Å². The Kier molecular flexibility index (Phi) is 2.30. The number of aryl methyl sites for hydroxylation is 1. The van der Waals surface area contributed by atoms with Gasteiger partial charge in [0.15, 0.2) is 0 Å². The average Bonchev–Trinajstić information content (AvgIpc) is 2.54. The van der Waals surface area contributed by atoms with Gasteiger partial charge in [0.1, 0.15) is 5.82 Å². The fourth-order valence-electron chi connectivity index (χ4n) is 2.49. The standard InChI is InChI=1S/C12H12BrFN2/c1-7-9-4-8(14)5-10(13)12(9)16-3-2-15-6-11(7)16/h4-5,15H,2-3,6H2,1H3. The molecule has 3 rings (SSSR count). The van der Waals surface area contributed by atoms with Crippen molar-refractivity contribution in [2.24, 2.45) is 0 Å². The Hall–Kier alpha value is -0.870. The predicted octanol–water partition coefficient (Wildman–Crippen LogP) is 2.95. The summed E-state index contributed by atoms with van der Waals surface area (Å²) in [6.45, 7) is 4.85. The molecule has 0 atom stereocenters. The Labute approximate surface area is 102 Å². The summed E-state index contributed by atoms with van der Waals surface area (Å²) < 4.78 is 16.5. The summed E-state index contributed by atoms with van der Waals surface area (Å²) in [6, 6.07) is 3.16. The number of nitrogens with one attached hydrogen (secondary N) is 1. The summed E-state index contributed by atoms with van der Waals surface area (Å²) in [5, 5.41) is 4.37. The van der Waals surface area contributed by atoms with E-state index in [0.717, 1.165) is 35.0 Å². The van der Waals surface area contributed by atoms with Crippen molar-refractivity contribution in [2.75, 3.05) is 6.54 Å². The van der Waals surface area contributed by atoms with E-state index < -0.39 is 0 Å². The Morgan fingerprint density at radius 2 is 2.25 bits per heavy atom. The highest BCUT2D eigenvalue weighted by molar-refractivity contribution is 9.10. The van der Waals surface area contributed by atoms with Crippen LogP contribution >= 0.6 is 15.9 Å². The number of benzene rings is 1. The molecular weight excluding hydrogens is 271 g/mol. The summed E-state index contributed by atoms with van der Waals surface area (Å²) in [4.78, 5) is 0. The molecule has 1 aromatic heterocycles. The Balaban J connectivity index is 2.44. The largest absolute Gasteiger partial charge is 0.341 e. The van der Waals surface area contributed by atoms with Crippen molar-refractivity contribution in [1.29, 1.82) is 0 Å². The summed E-state index contributed by atoms with van der Waals surface area (Å²) in [5.74, 6) is -0.182. The molecule has 0 radical (unpaired) electrons. The topological polar surface area (TPSA) is 17.0 Å². The monoisotopic (exact) mass is 282 g/mol. The van der Waals surface area contributed by atoms with Crippen molar-refractivity contribution in [3.8, 4) is 0 Å². The first-order chi connectivity index (χ1) is 7.68. The molecule has 2 nitrogen and oxygen atoms in total. The Morgan fingerprint density at radius 3 is 3.06 bits per heavy atom. The van der Waals surface area contributed by atoms with Gasteiger partial charge in [-0.1, -0.05) is 0 Å². The first-order valence-electron chi connectivity index (χ1n) is 5.36. The molecule has 0 saturated carbocycles. The second kappa shape index (κ2) is 3.57. The highest BCUT2D eigenvalue weighted by Crippen LogP contribution is 2.33. The van der Waals surface area contributed by atoms with Crippen LogP contribution in [0.3, 0.4) is 0 Å². The SMILES string of the molecule is Cc1c2n(c3c(Br)cc(F)cc13)CCNC2. The van der Waals surface area contributed by atoms with Gasteiger partial charge >= 0.3 is 0 Å². The van der Waals surface area contributed by atoms with Crippen molar-refractivity contribution in [1.82, 2.24) is 9.88 Å². The average molecular weight is 283 g/mol. The maximum atomic E-state index is 13.4. The van der Waals surface area contributed by atoms with Crippen LogP contribution in [0.4, 0.5) is 4.39 Å². The molecule has 2 heterocycles. The van der Waals surface area contributed by atoms with E-state index in [1.807, 2.05) is 0 Å². The first kappa shape index (κ1) is 10.3. The van der Waals surface area contributed by atoms with Crippen molar-refractivity contribution in [3.63, 3.8) is 0 Å². The third kappa shape index (κ3) is 1.33. The number of nitrogens with zero attached hydrogens (tertiary/aromatic N) is 1. The molecule has 0 aliphatic carbocycles. The number of hydrogen-bond acceptors (Lipinski definition) is 1. The molecule has 84 valence electrons. The van der Waals surface area contributed by atoms with Crippen LogP contribution in [0.1, 0.15) is 11.3 Å². The second-order valence-electron chi connectivity index (χ2n) is 4.18. The van der Waals surface area contributed by atoms with Crippen LogP contribution in [0.25, 0.3) is 10.9 Å². The molecule has 2 aromatic rings. The Morgan fingerprint density at radius 1 is 1.44 bits per heavy atom. The van der Waals surface area contributed by atoms with E-state index in [2.05, 4.69) is 32.7 Å². The van der Waals surface area contributed by atoms with Crippen molar-refractivity contribution >= 4 is 26.8 Å². The lowest BCUT2D eigenvalue weighted by atomic mass is 10.1.